The van der Waals surface area contributed by atoms with Gasteiger partial charge in [-0.15, -0.1) is 0 Å². The average molecular weight is 468 g/mol. The molecule has 6 atom stereocenters. The van der Waals surface area contributed by atoms with E-state index in [-0.39, 0.29) is 47.9 Å². The van der Waals surface area contributed by atoms with E-state index in [0.717, 1.165) is 12.8 Å². The molecule has 2 amide bonds. The summed E-state index contributed by atoms with van der Waals surface area (Å²) in [7, 11) is 6.81. The van der Waals surface area contributed by atoms with Crippen molar-refractivity contribution in [1.82, 2.24) is 15.1 Å². The van der Waals surface area contributed by atoms with Gasteiger partial charge in [0.1, 0.15) is 23.4 Å². The zero-order chi connectivity index (χ0) is 24.4. The molecule has 3 unspecified atom stereocenters. The number of nitrogens with one attached hydrogen (secondary N) is 1. The number of carbonyl (C=O) groups excluding carboxylic acids is 2. The Hall–Kier alpha value is -1.68. The van der Waals surface area contributed by atoms with Gasteiger partial charge in [0.2, 0.25) is 5.91 Å². The van der Waals surface area contributed by atoms with Crippen LogP contribution in [-0.2, 0) is 23.7 Å². The van der Waals surface area contributed by atoms with Gasteiger partial charge in [-0.05, 0) is 47.1 Å². The highest BCUT2D eigenvalue weighted by molar-refractivity contribution is 5.78. The van der Waals surface area contributed by atoms with Crippen molar-refractivity contribution in [3.8, 4) is 0 Å². The van der Waals surface area contributed by atoms with Gasteiger partial charge in [-0.2, -0.15) is 0 Å². The Bertz CT molecular complexity index is 750. The second kappa shape index (κ2) is 10.3. The van der Waals surface area contributed by atoms with Crippen LogP contribution in [0.4, 0.5) is 4.79 Å². The Morgan fingerprint density at radius 1 is 1.21 bits per heavy atom. The van der Waals surface area contributed by atoms with Crippen LogP contribution >= 0.6 is 0 Å². The number of carbonyl (C=O) groups is 2. The van der Waals surface area contributed by atoms with E-state index in [9.17, 15) is 9.59 Å². The van der Waals surface area contributed by atoms with Gasteiger partial charge in [0.25, 0.3) is 0 Å². The van der Waals surface area contributed by atoms with Crippen molar-refractivity contribution in [3.05, 3.63) is 11.6 Å². The minimum atomic E-state index is -0.411. The molecule has 9 heteroatoms. The molecule has 0 radical (unpaired) electrons. The van der Waals surface area contributed by atoms with Gasteiger partial charge in [0.15, 0.2) is 0 Å². The van der Waals surface area contributed by atoms with Crippen LogP contribution in [0, 0.1) is 5.92 Å². The lowest BCUT2D eigenvalue weighted by atomic mass is 9.68. The topological polar surface area (TPSA) is 96.2 Å². The molecule has 0 aromatic rings. The quantitative estimate of drug-likeness (QED) is 0.387. The molecule has 0 aromatic heterocycles. The number of nitrogens with zero attached hydrogens (tertiary/aromatic N) is 2. The van der Waals surface area contributed by atoms with Crippen molar-refractivity contribution in [2.24, 2.45) is 5.92 Å². The second-order valence-corrected chi connectivity index (χ2v) is 10.1. The van der Waals surface area contributed by atoms with Crippen LogP contribution in [0.15, 0.2) is 11.6 Å². The number of likely N-dealkylation sites (N-methyl/N-ethyl adjacent to an activating group) is 3. The molecule has 2 heterocycles. The Balaban J connectivity index is 1.61. The minimum absolute atomic E-state index is 0.00674. The Morgan fingerprint density at radius 2 is 1.88 bits per heavy atom. The summed E-state index contributed by atoms with van der Waals surface area (Å²) in [6.07, 6.45) is 3.57. The average Bonchev–Trinajstić information content (AvgIpc) is 3.68. The number of allylic oxidation sites excluding steroid dienone is 1. The number of ether oxygens (including phenoxy) is 4. The van der Waals surface area contributed by atoms with Gasteiger partial charge in [0.05, 0.1) is 25.2 Å². The lowest BCUT2D eigenvalue weighted by Gasteiger charge is -2.43. The molecule has 3 rings (SSSR count). The number of hydrogen-bond donors (Lipinski definition) is 1. The maximum atomic E-state index is 12.8. The molecule has 33 heavy (non-hydrogen) atoms. The first-order valence-corrected chi connectivity index (χ1v) is 11.9. The molecule has 2 aliphatic heterocycles. The highest BCUT2D eigenvalue weighted by atomic mass is 16.6. The Morgan fingerprint density at radius 3 is 2.45 bits per heavy atom. The summed E-state index contributed by atoms with van der Waals surface area (Å²) in [5.41, 5.74) is 0.655. The Kier molecular flexibility index (Phi) is 8.09. The molecular weight excluding hydrogens is 426 g/mol. The molecule has 3 aliphatic rings. The van der Waals surface area contributed by atoms with Crippen LogP contribution in [-0.4, -0.2) is 106 Å². The van der Waals surface area contributed by atoms with Crippen LogP contribution in [0.2, 0.25) is 0 Å². The summed E-state index contributed by atoms with van der Waals surface area (Å²) < 4.78 is 24.0. The summed E-state index contributed by atoms with van der Waals surface area (Å²) in [6, 6.07) is 0. The molecule has 1 N–H and O–H groups in total. The fourth-order valence-corrected chi connectivity index (χ4v) is 5.09. The number of methoxy groups -OCH3 is 1. The molecular formula is C24H41N3O6. The maximum Gasteiger partial charge on any atom is 0.409 e. The van der Waals surface area contributed by atoms with Crippen LogP contribution in [0.1, 0.15) is 40.0 Å². The van der Waals surface area contributed by atoms with Crippen molar-refractivity contribution in [2.75, 3.05) is 54.5 Å². The van der Waals surface area contributed by atoms with Crippen LogP contribution in [0.25, 0.3) is 0 Å². The maximum absolute atomic E-state index is 12.8. The van der Waals surface area contributed by atoms with E-state index < -0.39 is 6.09 Å². The van der Waals surface area contributed by atoms with Crippen molar-refractivity contribution >= 4 is 12.0 Å². The molecule has 188 valence electrons. The SMILES string of the molecule is CNCC(=O)N(C)CCN(C)C(=O)OC1CC[C@]2(CO2)C([C@]2(C)O[C@@H]2CC=C(C)C)C1OC. The number of rotatable bonds is 10. The lowest BCUT2D eigenvalue weighted by molar-refractivity contribution is -0.129. The van der Waals surface area contributed by atoms with Gasteiger partial charge < -0.3 is 34.1 Å². The van der Waals surface area contributed by atoms with E-state index in [0.29, 0.717) is 26.1 Å². The summed E-state index contributed by atoms with van der Waals surface area (Å²) in [6.45, 7) is 8.08. The molecule has 3 fully saturated rings. The van der Waals surface area contributed by atoms with Crippen molar-refractivity contribution in [1.29, 1.82) is 0 Å². The summed E-state index contributed by atoms with van der Waals surface area (Å²) in [5.74, 6) is -0.0309. The van der Waals surface area contributed by atoms with Gasteiger partial charge in [-0.25, -0.2) is 4.79 Å². The Labute approximate surface area is 197 Å². The first kappa shape index (κ1) is 25.9. The van der Waals surface area contributed by atoms with Crippen molar-refractivity contribution in [2.45, 2.75) is 69.5 Å². The zero-order valence-electron chi connectivity index (χ0n) is 21.2. The van der Waals surface area contributed by atoms with E-state index >= 15 is 0 Å². The van der Waals surface area contributed by atoms with Crippen LogP contribution in [0.3, 0.4) is 0 Å². The predicted octanol–water partition coefficient (Wildman–Crippen LogP) is 1.81. The van der Waals surface area contributed by atoms with Crippen LogP contribution in [0.5, 0.6) is 0 Å². The van der Waals surface area contributed by atoms with E-state index in [2.05, 4.69) is 32.2 Å². The highest BCUT2D eigenvalue weighted by Crippen LogP contribution is 2.59. The van der Waals surface area contributed by atoms with Gasteiger partial charge in [-0.3, -0.25) is 4.79 Å². The summed E-state index contributed by atoms with van der Waals surface area (Å²) in [4.78, 5) is 27.9. The predicted molar refractivity (Wildman–Crippen MR) is 124 cm³/mol. The molecule has 2 saturated heterocycles. The van der Waals surface area contributed by atoms with Crippen LogP contribution < -0.4 is 5.32 Å². The highest BCUT2D eigenvalue weighted by Gasteiger charge is 2.72. The van der Waals surface area contributed by atoms with Gasteiger partial charge in [0, 0.05) is 34.3 Å². The first-order valence-electron chi connectivity index (χ1n) is 11.9. The second-order valence-electron chi connectivity index (χ2n) is 10.1. The van der Waals surface area contributed by atoms with Crippen molar-refractivity contribution < 1.29 is 28.5 Å². The fourth-order valence-electron chi connectivity index (χ4n) is 5.09. The lowest BCUT2D eigenvalue weighted by Crippen LogP contribution is -2.56. The summed E-state index contributed by atoms with van der Waals surface area (Å²) in [5, 5.41) is 2.84. The molecule has 0 bridgehead atoms. The third kappa shape index (κ3) is 5.70. The zero-order valence-corrected chi connectivity index (χ0v) is 21.2. The summed E-state index contributed by atoms with van der Waals surface area (Å²) >= 11 is 0. The number of amides is 2. The van der Waals surface area contributed by atoms with Gasteiger partial charge in [-0.1, -0.05) is 11.6 Å². The van der Waals surface area contributed by atoms with Gasteiger partial charge >= 0.3 is 6.09 Å². The molecule has 9 nitrogen and oxygen atoms in total. The third-order valence-corrected chi connectivity index (χ3v) is 7.33. The van der Waals surface area contributed by atoms with E-state index in [1.165, 1.54) is 10.5 Å². The molecule has 1 saturated carbocycles. The number of hydrogen-bond acceptors (Lipinski definition) is 7. The smallest absolute Gasteiger partial charge is 0.409 e. The van der Waals surface area contributed by atoms with E-state index in [4.69, 9.17) is 18.9 Å². The normalized spacial score (nSPS) is 34.5. The largest absolute Gasteiger partial charge is 0.443 e. The van der Waals surface area contributed by atoms with E-state index in [1.807, 2.05) is 0 Å². The third-order valence-electron chi connectivity index (χ3n) is 7.33. The van der Waals surface area contributed by atoms with E-state index in [1.54, 1.807) is 33.2 Å². The molecule has 1 aliphatic carbocycles. The van der Waals surface area contributed by atoms with Crippen molar-refractivity contribution in [3.63, 3.8) is 0 Å². The monoisotopic (exact) mass is 467 g/mol. The first-order chi connectivity index (χ1) is 15.6. The molecule has 0 aromatic carbocycles. The number of epoxide rings is 2. The fraction of sp³-hybridized carbons (Fsp3) is 0.833. The minimum Gasteiger partial charge on any atom is -0.443 e. The molecule has 1 spiro atoms. The standard InChI is InChI=1S/C24H41N3O6/c1-16(2)8-9-18-23(3,33-18)21-20(30-7)17(10-11-24(21)15-31-24)32-22(29)27(6)13-12-26(5)19(28)14-25-4/h8,17-18,20-21,25H,9-15H2,1-7H3/t17?,18-,20?,21?,23-,24+/m1/s1.